The molecular weight excluding hydrogens is 299 g/mol. The molecule has 0 radical (unpaired) electrons. The normalized spacial score (nSPS) is 18.0. The summed E-state index contributed by atoms with van der Waals surface area (Å²) >= 11 is 0. The molecule has 2 aromatic rings. The first-order valence-electron chi connectivity index (χ1n) is 7.15. The summed E-state index contributed by atoms with van der Waals surface area (Å²) in [7, 11) is 0. The number of hydrazone groups is 1. The summed E-state index contributed by atoms with van der Waals surface area (Å²) in [5, 5.41) is 23.4. The number of phenols is 2. The van der Waals surface area contributed by atoms with Crippen LogP contribution in [-0.4, -0.2) is 21.8 Å². The second kappa shape index (κ2) is 5.72. The third-order valence-electron chi connectivity index (χ3n) is 3.85. The average molecular weight is 314 g/mol. The average Bonchev–Trinajstić information content (AvgIpc) is 2.86. The molecule has 1 aliphatic carbocycles. The molecule has 3 rings (SSSR count). The number of hydrogen-bond acceptors (Lipinski definition) is 4. The molecule has 0 fully saturated rings. The zero-order valence-corrected chi connectivity index (χ0v) is 12.4. The molecule has 0 heterocycles. The van der Waals surface area contributed by atoms with Gasteiger partial charge in [0.05, 0.1) is 5.71 Å². The van der Waals surface area contributed by atoms with Crippen molar-refractivity contribution in [3.8, 4) is 11.5 Å². The third-order valence-corrected chi connectivity index (χ3v) is 3.85. The predicted molar refractivity (Wildman–Crippen MR) is 83.2 cm³/mol. The van der Waals surface area contributed by atoms with Gasteiger partial charge in [0, 0.05) is 16.7 Å². The van der Waals surface area contributed by atoms with Gasteiger partial charge in [-0.15, -0.1) is 0 Å². The highest BCUT2D eigenvalue weighted by molar-refractivity contribution is 6.08. The van der Waals surface area contributed by atoms with E-state index in [1.54, 1.807) is 6.07 Å². The van der Waals surface area contributed by atoms with Gasteiger partial charge in [-0.2, -0.15) is 5.10 Å². The van der Waals surface area contributed by atoms with Crippen LogP contribution in [0, 0.1) is 5.82 Å². The van der Waals surface area contributed by atoms with E-state index < -0.39 is 11.7 Å². The summed E-state index contributed by atoms with van der Waals surface area (Å²) < 4.78 is 13.9. The van der Waals surface area contributed by atoms with Crippen LogP contribution in [-0.2, 0) is 0 Å². The molecule has 3 N–H and O–H groups in total. The van der Waals surface area contributed by atoms with Gasteiger partial charge in [-0.3, -0.25) is 4.79 Å². The van der Waals surface area contributed by atoms with E-state index in [9.17, 15) is 19.4 Å². The van der Waals surface area contributed by atoms with Crippen LogP contribution in [0.4, 0.5) is 4.39 Å². The Bertz CT molecular complexity index is 817. The Kier molecular flexibility index (Phi) is 3.73. The summed E-state index contributed by atoms with van der Waals surface area (Å²) in [4.78, 5) is 12.0. The van der Waals surface area contributed by atoms with Gasteiger partial charge in [-0.25, -0.2) is 9.82 Å². The zero-order valence-electron chi connectivity index (χ0n) is 12.4. The highest BCUT2D eigenvalue weighted by Crippen LogP contribution is 2.39. The highest BCUT2D eigenvalue weighted by atomic mass is 19.1. The zero-order chi connectivity index (χ0) is 16.6. The minimum atomic E-state index is -0.495. The van der Waals surface area contributed by atoms with E-state index in [1.807, 2.05) is 6.92 Å². The van der Waals surface area contributed by atoms with Crippen molar-refractivity contribution in [3.63, 3.8) is 0 Å². The predicted octanol–water partition coefficient (Wildman–Crippen LogP) is 2.88. The number of nitrogens with zero attached hydrogens (tertiary/aromatic N) is 1. The maximum Gasteiger partial charge on any atom is 0.271 e. The van der Waals surface area contributed by atoms with Crippen LogP contribution in [0.25, 0.3) is 0 Å². The van der Waals surface area contributed by atoms with Crippen LogP contribution >= 0.6 is 0 Å². The Morgan fingerprint density at radius 2 is 2.09 bits per heavy atom. The van der Waals surface area contributed by atoms with Crippen molar-refractivity contribution in [2.75, 3.05) is 0 Å². The van der Waals surface area contributed by atoms with Crippen LogP contribution in [0.1, 0.15) is 40.7 Å². The van der Waals surface area contributed by atoms with Gasteiger partial charge < -0.3 is 10.2 Å². The summed E-state index contributed by atoms with van der Waals surface area (Å²) in [6.07, 6.45) is 0.421. The van der Waals surface area contributed by atoms with Crippen molar-refractivity contribution in [3.05, 3.63) is 58.9 Å². The van der Waals surface area contributed by atoms with Crippen LogP contribution in [0.3, 0.4) is 0 Å². The van der Waals surface area contributed by atoms with E-state index in [0.29, 0.717) is 23.3 Å². The molecule has 6 heteroatoms. The number of amides is 1. The number of halogens is 1. The second-order valence-electron chi connectivity index (χ2n) is 5.51. The fourth-order valence-electron chi connectivity index (χ4n) is 2.79. The third kappa shape index (κ3) is 2.75. The molecule has 2 aromatic carbocycles. The lowest BCUT2D eigenvalue weighted by Crippen LogP contribution is -2.19. The lowest BCUT2D eigenvalue weighted by Gasteiger charge is -2.06. The molecule has 1 amide bonds. The van der Waals surface area contributed by atoms with E-state index in [2.05, 4.69) is 10.5 Å². The lowest BCUT2D eigenvalue weighted by molar-refractivity contribution is 0.0954. The number of aromatic hydroxyl groups is 2. The second-order valence-corrected chi connectivity index (χ2v) is 5.51. The van der Waals surface area contributed by atoms with Crippen molar-refractivity contribution in [1.82, 2.24) is 5.43 Å². The van der Waals surface area contributed by atoms with Crippen molar-refractivity contribution in [1.29, 1.82) is 0 Å². The van der Waals surface area contributed by atoms with Crippen LogP contribution in [0.15, 0.2) is 41.5 Å². The molecule has 0 bridgehead atoms. The smallest absolute Gasteiger partial charge is 0.271 e. The van der Waals surface area contributed by atoms with Crippen molar-refractivity contribution in [2.24, 2.45) is 5.10 Å². The first kappa shape index (κ1) is 15.0. The van der Waals surface area contributed by atoms with Gasteiger partial charge in [0.2, 0.25) is 0 Å². The fourth-order valence-corrected chi connectivity index (χ4v) is 2.79. The van der Waals surface area contributed by atoms with Crippen LogP contribution < -0.4 is 5.43 Å². The maximum atomic E-state index is 13.9. The van der Waals surface area contributed by atoms with Gasteiger partial charge in [-0.05, 0) is 42.7 Å². The Morgan fingerprint density at radius 3 is 2.83 bits per heavy atom. The minimum Gasteiger partial charge on any atom is -0.508 e. The highest BCUT2D eigenvalue weighted by Gasteiger charge is 2.30. The van der Waals surface area contributed by atoms with Crippen molar-refractivity contribution >= 4 is 11.6 Å². The van der Waals surface area contributed by atoms with Gasteiger partial charge in [0.15, 0.2) is 0 Å². The molecule has 0 aliphatic heterocycles. The van der Waals surface area contributed by atoms with Crippen LogP contribution in [0.5, 0.6) is 11.5 Å². The number of phenolic OH excluding ortho intramolecular Hbond substituents is 2. The summed E-state index contributed by atoms with van der Waals surface area (Å²) in [5.74, 6) is -1.10. The molecule has 23 heavy (non-hydrogen) atoms. The molecule has 5 nitrogen and oxygen atoms in total. The van der Waals surface area contributed by atoms with E-state index in [0.717, 1.165) is 0 Å². The van der Waals surface area contributed by atoms with E-state index in [-0.39, 0.29) is 23.0 Å². The number of benzene rings is 2. The topological polar surface area (TPSA) is 81.9 Å². The molecule has 0 spiro atoms. The molecule has 0 saturated heterocycles. The van der Waals surface area contributed by atoms with Gasteiger partial charge in [0.1, 0.15) is 17.3 Å². The number of nitrogens with one attached hydrogen (secondary N) is 1. The Hall–Kier alpha value is -2.89. The largest absolute Gasteiger partial charge is 0.508 e. The van der Waals surface area contributed by atoms with E-state index in [4.69, 9.17) is 0 Å². The maximum absolute atomic E-state index is 13.9. The summed E-state index contributed by atoms with van der Waals surface area (Å²) in [6.45, 7) is 1.83. The Labute approximate surface area is 132 Å². The van der Waals surface area contributed by atoms with E-state index in [1.165, 1.54) is 30.3 Å². The summed E-state index contributed by atoms with van der Waals surface area (Å²) in [6, 6.07) is 8.36. The molecule has 0 saturated carbocycles. The number of rotatable bonds is 2. The number of carbonyl (C=O) groups excluding carboxylic acids is 1. The van der Waals surface area contributed by atoms with Gasteiger partial charge >= 0.3 is 0 Å². The molecule has 1 atom stereocenters. The molecule has 1 aliphatic rings. The number of fused-ring (bicyclic) bond motifs is 1. The SMILES string of the molecule is C[C@H]1C/C(=N\NC(=O)c2cccc(O)c2)c2c(O)ccc(F)c21. The number of hydrogen-bond donors (Lipinski definition) is 3. The van der Waals surface area contributed by atoms with Gasteiger partial charge in [-0.1, -0.05) is 13.0 Å². The molecular formula is C17H15FN2O3. The lowest BCUT2D eigenvalue weighted by atomic mass is 10.0. The fraction of sp³-hybridized carbons (Fsp3) is 0.176. The summed E-state index contributed by atoms with van der Waals surface area (Å²) in [5.41, 5.74) is 3.82. The minimum absolute atomic E-state index is 0.0233. The van der Waals surface area contributed by atoms with Crippen molar-refractivity contribution in [2.45, 2.75) is 19.3 Å². The van der Waals surface area contributed by atoms with Crippen LogP contribution in [0.2, 0.25) is 0 Å². The Morgan fingerprint density at radius 1 is 1.30 bits per heavy atom. The Balaban J connectivity index is 1.89. The monoisotopic (exact) mass is 314 g/mol. The first-order chi connectivity index (χ1) is 11.0. The quantitative estimate of drug-likeness (QED) is 0.745. The number of carbonyl (C=O) groups is 1. The molecule has 118 valence electrons. The molecule has 0 unspecified atom stereocenters. The standard InChI is InChI=1S/C17H15FN2O3/c1-9-7-13(16-14(22)6-5-12(18)15(9)16)19-20-17(23)10-3-2-4-11(21)8-10/h2-6,8-9,21-22H,7H2,1H3,(H,20,23)/b19-13+/t9-/m0/s1. The van der Waals surface area contributed by atoms with Crippen molar-refractivity contribution < 1.29 is 19.4 Å². The molecule has 0 aromatic heterocycles. The van der Waals surface area contributed by atoms with E-state index >= 15 is 0 Å². The van der Waals surface area contributed by atoms with Gasteiger partial charge in [0.25, 0.3) is 5.91 Å². The first-order valence-corrected chi connectivity index (χ1v) is 7.15.